The lowest BCUT2D eigenvalue weighted by molar-refractivity contribution is 0.870. The van der Waals surface area contributed by atoms with Gasteiger partial charge in [0.15, 0.2) is 5.82 Å². The minimum absolute atomic E-state index is 0.192. The minimum atomic E-state index is 0.192. The lowest BCUT2D eigenvalue weighted by Gasteiger charge is -2.15. The summed E-state index contributed by atoms with van der Waals surface area (Å²) in [6.07, 6.45) is 3.10. The SMILES string of the molecule is Cc1cc(C(C)Nc2ncncc2N)c(C)s1. The third kappa shape index (κ3) is 2.55. The number of hydrogen-bond donors (Lipinski definition) is 2. The van der Waals surface area contributed by atoms with Gasteiger partial charge in [-0.15, -0.1) is 11.3 Å². The van der Waals surface area contributed by atoms with Gasteiger partial charge in [0.1, 0.15) is 6.33 Å². The summed E-state index contributed by atoms with van der Waals surface area (Å²) in [5, 5.41) is 3.31. The standard InChI is InChI=1S/C12H16N4S/c1-7-4-10(9(3)17-7)8(2)16-12-11(13)5-14-6-15-12/h4-6,8H,13H2,1-3H3,(H,14,15,16). The first-order valence-corrected chi connectivity index (χ1v) is 6.28. The molecule has 3 N–H and O–H groups in total. The van der Waals surface area contributed by atoms with Crippen molar-refractivity contribution in [3.63, 3.8) is 0 Å². The normalized spacial score (nSPS) is 12.4. The number of thiophene rings is 1. The molecule has 4 nitrogen and oxygen atoms in total. The summed E-state index contributed by atoms with van der Waals surface area (Å²) in [5.74, 6) is 0.691. The van der Waals surface area contributed by atoms with E-state index in [9.17, 15) is 0 Å². The lowest BCUT2D eigenvalue weighted by Crippen LogP contribution is -2.10. The number of rotatable bonds is 3. The third-order valence-corrected chi connectivity index (χ3v) is 3.62. The Morgan fingerprint density at radius 3 is 2.76 bits per heavy atom. The van der Waals surface area contributed by atoms with Crippen LogP contribution >= 0.6 is 11.3 Å². The highest BCUT2D eigenvalue weighted by Crippen LogP contribution is 2.29. The zero-order valence-corrected chi connectivity index (χ0v) is 11.0. The quantitative estimate of drug-likeness (QED) is 0.876. The average Bonchev–Trinajstić information content (AvgIpc) is 2.61. The van der Waals surface area contributed by atoms with Crippen molar-refractivity contribution in [2.75, 3.05) is 11.1 Å². The minimum Gasteiger partial charge on any atom is -0.394 e. The Balaban J connectivity index is 2.20. The van der Waals surface area contributed by atoms with Crippen LogP contribution in [0.4, 0.5) is 11.5 Å². The van der Waals surface area contributed by atoms with Gasteiger partial charge in [0.25, 0.3) is 0 Å². The van der Waals surface area contributed by atoms with Crippen LogP contribution in [0.3, 0.4) is 0 Å². The van der Waals surface area contributed by atoms with Gasteiger partial charge in [0.05, 0.1) is 17.9 Å². The van der Waals surface area contributed by atoms with Crippen LogP contribution in [0.1, 0.15) is 28.3 Å². The maximum atomic E-state index is 5.81. The van der Waals surface area contributed by atoms with Gasteiger partial charge < -0.3 is 11.1 Å². The van der Waals surface area contributed by atoms with Crippen LogP contribution in [0.5, 0.6) is 0 Å². The van der Waals surface area contributed by atoms with E-state index >= 15 is 0 Å². The molecule has 0 fully saturated rings. The number of hydrogen-bond acceptors (Lipinski definition) is 5. The first-order chi connectivity index (χ1) is 8.08. The Bertz CT molecular complexity index is 521. The maximum absolute atomic E-state index is 5.81. The average molecular weight is 248 g/mol. The molecule has 2 heterocycles. The molecule has 0 aliphatic heterocycles. The van der Waals surface area contributed by atoms with Gasteiger partial charge in [-0.2, -0.15) is 0 Å². The van der Waals surface area contributed by atoms with Gasteiger partial charge in [-0.3, -0.25) is 0 Å². The highest BCUT2D eigenvalue weighted by molar-refractivity contribution is 7.12. The van der Waals surface area contributed by atoms with E-state index in [-0.39, 0.29) is 6.04 Å². The largest absolute Gasteiger partial charge is 0.394 e. The van der Waals surface area contributed by atoms with Crippen LogP contribution in [-0.4, -0.2) is 9.97 Å². The Kier molecular flexibility index (Phi) is 3.28. The van der Waals surface area contributed by atoms with Gasteiger partial charge in [-0.25, -0.2) is 9.97 Å². The van der Waals surface area contributed by atoms with Crippen LogP contribution < -0.4 is 11.1 Å². The van der Waals surface area contributed by atoms with E-state index in [1.54, 1.807) is 6.20 Å². The first-order valence-electron chi connectivity index (χ1n) is 5.47. The summed E-state index contributed by atoms with van der Waals surface area (Å²) >= 11 is 1.81. The van der Waals surface area contributed by atoms with Gasteiger partial charge in [-0.05, 0) is 32.4 Å². The molecule has 0 amide bonds. The van der Waals surface area contributed by atoms with Gasteiger partial charge in [0.2, 0.25) is 0 Å². The molecule has 0 bridgehead atoms. The summed E-state index contributed by atoms with van der Waals surface area (Å²) in [6, 6.07) is 2.40. The molecule has 0 aliphatic rings. The molecule has 90 valence electrons. The Hall–Kier alpha value is -1.62. The van der Waals surface area contributed by atoms with Crippen molar-refractivity contribution < 1.29 is 0 Å². The highest BCUT2D eigenvalue weighted by atomic mass is 32.1. The molecule has 2 aromatic rings. The molecule has 0 radical (unpaired) electrons. The number of aryl methyl sites for hydroxylation is 2. The van der Waals surface area contributed by atoms with Crippen LogP contribution in [0.25, 0.3) is 0 Å². The van der Waals surface area contributed by atoms with Crippen LogP contribution in [0.15, 0.2) is 18.6 Å². The molecule has 0 aliphatic carbocycles. The second-order valence-corrected chi connectivity index (χ2v) is 5.52. The molecule has 0 spiro atoms. The van der Waals surface area contributed by atoms with Crippen LogP contribution in [-0.2, 0) is 0 Å². The van der Waals surface area contributed by atoms with Crippen molar-refractivity contribution in [1.29, 1.82) is 0 Å². The van der Waals surface area contributed by atoms with Crippen LogP contribution in [0.2, 0.25) is 0 Å². The predicted molar refractivity (Wildman–Crippen MR) is 72.3 cm³/mol. The Morgan fingerprint density at radius 1 is 1.41 bits per heavy atom. The fourth-order valence-corrected chi connectivity index (χ4v) is 2.85. The summed E-state index contributed by atoms with van der Waals surface area (Å²) in [4.78, 5) is 10.7. The zero-order chi connectivity index (χ0) is 12.4. The summed E-state index contributed by atoms with van der Waals surface area (Å²) in [6.45, 7) is 6.36. The van der Waals surface area contributed by atoms with Gasteiger partial charge in [0, 0.05) is 9.75 Å². The third-order valence-electron chi connectivity index (χ3n) is 2.64. The number of nitrogen functional groups attached to an aromatic ring is 1. The van der Waals surface area contributed by atoms with E-state index in [0.717, 1.165) is 0 Å². The van der Waals surface area contributed by atoms with Gasteiger partial charge >= 0.3 is 0 Å². The molecule has 17 heavy (non-hydrogen) atoms. The van der Waals surface area contributed by atoms with Crippen LogP contribution in [0, 0.1) is 13.8 Å². The summed E-state index contributed by atoms with van der Waals surface area (Å²) in [7, 11) is 0. The van der Waals surface area contributed by atoms with Crippen molar-refractivity contribution in [3.8, 4) is 0 Å². The molecule has 5 heteroatoms. The second kappa shape index (κ2) is 4.71. The Labute approximate surface area is 105 Å². The predicted octanol–water partition coefficient (Wildman–Crippen LogP) is 2.91. The van der Waals surface area contributed by atoms with Gasteiger partial charge in [-0.1, -0.05) is 0 Å². The molecule has 0 saturated heterocycles. The van der Waals surface area contributed by atoms with Crippen molar-refractivity contribution in [3.05, 3.63) is 33.9 Å². The number of nitrogens with two attached hydrogens (primary N) is 1. The van der Waals surface area contributed by atoms with E-state index in [1.807, 2.05) is 11.3 Å². The molecule has 2 rings (SSSR count). The van der Waals surface area contributed by atoms with Crippen molar-refractivity contribution >= 4 is 22.8 Å². The fraction of sp³-hybridized carbons (Fsp3) is 0.333. The second-order valence-electron chi connectivity index (χ2n) is 4.06. The van der Waals surface area contributed by atoms with E-state index in [2.05, 4.69) is 42.1 Å². The number of nitrogens with zero attached hydrogens (tertiary/aromatic N) is 2. The summed E-state index contributed by atoms with van der Waals surface area (Å²) in [5.41, 5.74) is 7.68. The number of nitrogens with one attached hydrogen (secondary N) is 1. The molecule has 0 saturated carbocycles. The van der Waals surface area contributed by atoms with Crippen molar-refractivity contribution in [2.24, 2.45) is 0 Å². The smallest absolute Gasteiger partial charge is 0.153 e. The number of anilines is 2. The number of aromatic nitrogens is 2. The lowest BCUT2D eigenvalue weighted by atomic mass is 10.1. The topological polar surface area (TPSA) is 63.8 Å². The molecular formula is C12H16N4S. The Morgan fingerprint density at radius 2 is 2.18 bits per heavy atom. The zero-order valence-electron chi connectivity index (χ0n) is 10.2. The van der Waals surface area contributed by atoms with E-state index in [1.165, 1.54) is 21.6 Å². The molecule has 1 atom stereocenters. The van der Waals surface area contributed by atoms with E-state index in [0.29, 0.717) is 11.5 Å². The monoisotopic (exact) mass is 248 g/mol. The summed E-state index contributed by atoms with van der Waals surface area (Å²) < 4.78 is 0. The first kappa shape index (κ1) is 11.9. The van der Waals surface area contributed by atoms with Crippen molar-refractivity contribution in [2.45, 2.75) is 26.8 Å². The highest BCUT2D eigenvalue weighted by Gasteiger charge is 2.12. The molecule has 1 unspecified atom stereocenters. The van der Waals surface area contributed by atoms with Crippen molar-refractivity contribution in [1.82, 2.24) is 9.97 Å². The maximum Gasteiger partial charge on any atom is 0.153 e. The molecule has 0 aromatic carbocycles. The van der Waals surface area contributed by atoms with E-state index in [4.69, 9.17) is 5.73 Å². The molecule has 2 aromatic heterocycles. The molecular weight excluding hydrogens is 232 g/mol. The van der Waals surface area contributed by atoms with E-state index < -0.39 is 0 Å². The fourth-order valence-electron chi connectivity index (χ4n) is 1.82.